The molecule has 4 nitrogen and oxygen atoms in total. The number of piperidine rings is 1. The number of rotatable bonds is 5. The zero-order valence-corrected chi connectivity index (χ0v) is 13.3. The van der Waals surface area contributed by atoms with Crippen molar-refractivity contribution in [3.63, 3.8) is 0 Å². The molecular formula is C17H26N2O2. The summed E-state index contributed by atoms with van der Waals surface area (Å²) in [5, 5.41) is 3.40. The number of carbonyl (C=O) groups is 1. The van der Waals surface area contributed by atoms with Crippen molar-refractivity contribution < 1.29 is 9.53 Å². The quantitative estimate of drug-likeness (QED) is 0.906. The molecular weight excluding hydrogens is 264 g/mol. The van der Waals surface area contributed by atoms with Crippen LogP contribution in [-0.4, -0.2) is 37.0 Å². The third-order valence-corrected chi connectivity index (χ3v) is 4.13. The first-order valence-corrected chi connectivity index (χ1v) is 7.80. The van der Waals surface area contributed by atoms with Crippen LogP contribution in [0, 0.1) is 0 Å². The number of methoxy groups -OCH3 is 1. The van der Waals surface area contributed by atoms with Gasteiger partial charge in [0, 0.05) is 19.1 Å². The van der Waals surface area contributed by atoms with Gasteiger partial charge in [-0.3, -0.25) is 10.1 Å². The van der Waals surface area contributed by atoms with Gasteiger partial charge in [-0.1, -0.05) is 12.1 Å². The minimum atomic E-state index is -0.163. The number of carbonyl (C=O) groups excluding carboxylic acids is 1. The van der Waals surface area contributed by atoms with Crippen molar-refractivity contribution in [2.75, 3.05) is 20.2 Å². The molecule has 2 atom stereocenters. The van der Waals surface area contributed by atoms with Crippen molar-refractivity contribution >= 4 is 5.91 Å². The van der Waals surface area contributed by atoms with Gasteiger partial charge in [0.1, 0.15) is 5.75 Å². The molecule has 21 heavy (non-hydrogen) atoms. The van der Waals surface area contributed by atoms with Crippen molar-refractivity contribution in [3.05, 3.63) is 29.8 Å². The van der Waals surface area contributed by atoms with E-state index in [9.17, 15) is 4.79 Å². The molecule has 1 aliphatic heterocycles. The first-order chi connectivity index (χ1) is 10.1. The molecule has 0 spiro atoms. The van der Waals surface area contributed by atoms with Gasteiger partial charge in [0.2, 0.25) is 5.91 Å². The summed E-state index contributed by atoms with van der Waals surface area (Å²) < 4.78 is 5.25. The molecule has 1 N–H and O–H groups in total. The van der Waals surface area contributed by atoms with Crippen LogP contribution in [0.3, 0.4) is 0 Å². The van der Waals surface area contributed by atoms with Crippen molar-refractivity contribution in [1.82, 2.24) is 10.2 Å². The van der Waals surface area contributed by atoms with E-state index in [2.05, 4.69) is 18.3 Å². The lowest BCUT2D eigenvalue weighted by Gasteiger charge is -2.30. The second-order valence-electron chi connectivity index (χ2n) is 5.77. The number of likely N-dealkylation sites (tertiary alicyclic amines) is 1. The van der Waals surface area contributed by atoms with E-state index in [4.69, 9.17) is 4.74 Å². The van der Waals surface area contributed by atoms with Gasteiger partial charge in [0.15, 0.2) is 0 Å². The van der Waals surface area contributed by atoms with Gasteiger partial charge in [0.05, 0.1) is 13.2 Å². The first-order valence-electron chi connectivity index (χ1n) is 7.80. The molecule has 1 heterocycles. The second kappa shape index (κ2) is 7.46. The fraction of sp³-hybridized carbons (Fsp3) is 0.588. The Hall–Kier alpha value is -1.55. The Bertz CT molecular complexity index is 470. The van der Waals surface area contributed by atoms with Crippen molar-refractivity contribution in [2.45, 2.75) is 45.2 Å². The van der Waals surface area contributed by atoms with Gasteiger partial charge in [-0.05, 0) is 50.8 Å². The Balaban J connectivity index is 1.94. The molecule has 0 radical (unpaired) electrons. The number of nitrogens with zero attached hydrogens (tertiary/aromatic N) is 1. The molecule has 1 aromatic carbocycles. The summed E-state index contributed by atoms with van der Waals surface area (Å²) in [7, 11) is 1.67. The highest BCUT2D eigenvalue weighted by Crippen LogP contribution is 2.19. The van der Waals surface area contributed by atoms with E-state index in [0.717, 1.165) is 37.2 Å². The van der Waals surface area contributed by atoms with E-state index in [1.54, 1.807) is 7.11 Å². The number of hydrogen-bond donors (Lipinski definition) is 1. The normalized spacial score (nSPS) is 18.1. The standard InChI is InChI=1S/C17H26N2O2/c1-13(15-8-7-9-16(12-15)21-3)18-14(2)17(20)19-10-5-4-6-11-19/h7-9,12-14,18H,4-6,10-11H2,1-3H3/t13-,14?/m0/s1. The molecule has 1 unspecified atom stereocenters. The zero-order chi connectivity index (χ0) is 15.2. The number of ether oxygens (including phenoxy) is 1. The van der Waals surface area contributed by atoms with Crippen LogP contribution in [0.2, 0.25) is 0 Å². The van der Waals surface area contributed by atoms with Crippen LogP contribution < -0.4 is 10.1 Å². The zero-order valence-electron chi connectivity index (χ0n) is 13.3. The Morgan fingerprint density at radius 2 is 1.95 bits per heavy atom. The Morgan fingerprint density at radius 3 is 2.62 bits per heavy atom. The largest absolute Gasteiger partial charge is 0.497 e. The van der Waals surface area contributed by atoms with Gasteiger partial charge in [0.25, 0.3) is 0 Å². The van der Waals surface area contributed by atoms with Gasteiger partial charge < -0.3 is 9.64 Å². The summed E-state index contributed by atoms with van der Waals surface area (Å²) in [5.41, 5.74) is 1.13. The summed E-state index contributed by atoms with van der Waals surface area (Å²) in [6, 6.07) is 7.92. The molecule has 0 bridgehead atoms. The maximum absolute atomic E-state index is 12.4. The lowest BCUT2D eigenvalue weighted by molar-refractivity contribution is -0.134. The molecule has 1 amide bonds. The predicted molar refractivity (Wildman–Crippen MR) is 84.4 cm³/mol. The number of hydrogen-bond acceptors (Lipinski definition) is 3. The monoisotopic (exact) mass is 290 g/mol. The average Bonchev–Trinajstić information content (AvgIpc) is 2.54. The molecule has 2 rings (SSSR count). The number of amides is 1. The minimum Gasteiger partial charge on any atom is -0.497 e. The van der Waals surface area contributed by atoms with E-state index in [-0.39, 0.29) is 18.0 Å². The summed E-state index contributed by atoms with van der Waals surface area (Å²) in [4.78, 5) is 14.4. The minimum absolute atomic E-state index is 0.115. The Morgan fingerprint density at radius 1 is 1.24 bits per heavy atom. The summed E-state index contributed by atoms with van der Waals surface area (Å²) in [6.07, 6.45) is 3.50. The van der Waals surface area contributed by atoms with E-state index in [1.165, 1.54) is 6.42 Å². The molecule has 116 valence electrons. The number of benzene rings is 1. The molecule has 1 saturated heterocycles. The van der Waals surface area contributed by atoms with Gasteiger partial charge in [-0.25, -0.2) is 0 Å². The molecule has 1 aliphatic rings. The van der Waals surface area contributed by atoms with Crippen LogP contribution in [0.5, 0.6) is 5.75 Å². The summed E-state index contributed by atoms with van der Waals surface area (Å²) in [5.74, 6) is 1.06. The lowest BCUT2D eigenvalue weighted by atomic mass is 10.1. The van der Waals surface area contributed by atoms with E-state index in [1.807, 2.05) is 30.0 Å². The van der Waals surface area contributed by atoms with Crippen LogP contribution in [0.25, 0.3) is 0 Å². The maximum Gasteiger partial charge on any atom is 0.239 e. The van der Waals surface area contributed by atoms with Crippen LogP contribution in [-0.2, 0) is 4.79 Å². The molecule has 1 fully saturated rings. The molecule has 0 saturated carbocycles. The van der Waals surface area contributed by atoms with Crippen molar-refractivity contribution in [2.24, 2.45) is 0 Å². The topological polar surface area (TPSA) is 41.6 Å². The predicted octanol–water partition coefficient (Wildman–Crippen LogP) is 2.75. The third-order valence-electron chi connectivity index (χ3n) is 4.13. The average molecular weight is 290 g/mol. The SMILES string of the molecule is COc1cccc([C@H](C)NC(C)C(=O)N2CCCCC2)c1. The number of nitrogens with one attached hydrogen (secondary N) is 1. The fourth-order valence-electron chi connectivity index (χ4n) is 2.84. The highest BCUT2D eigenvalue weighted by atomic mass is 16.5. The first kappa shape index (κ1) is 15.8. The summed E-state index contributed by atoms with van der Waals surface area (Å²) in [6.45, 7) is 5.83. The molecule has 0 aromatic heterocycles. The van der Waals surface area contributed by atoms with Gasteiger partial charge >= 0.3 is 0 Å². The molecule has 0 aliphatic carbocycles. The van der Waals surface area contributed by atoms with E-state index in [0.29, 0.717) is 0 Å². The van der Waals surface area contributed by atoms with Crippen LogP contribution in [0.1, 0.15) is 44.7 Å². The fourth-order valence-corrected chi connectivity index (χ4v) is 2.84. The smallest absolute Gasteiger partial charge is 0.239 e. The molecule has 4 heteroatoms. The molecule has 1 aromatic rings. The van der Waals surface area contributed by atoms with Crippen LogP contribution in [0.15, 0.2) is 24.3 Å². The van der Waals surface area contributed by atoms with Crippen LogP contribution in [0.4, 0.5) is 0 Å². The summed E-state index contributed by atoms with van der Waals surface area (Å²) >= 11 is 0. The highest BCUT2D eigenvalue weighted by Gasteiger charge is 2.23. The van der Waals surface area contributed by atoms with E-state index < -0.39 is 0 Å². The van der Waals surface area contributed by atoms with E-state index >= 15 is 0 Å². The highest BCUT2D eigenvalue weighted by molar-refractivity contribution is 5.81. The van der Waals surface area contributed by atoms with Crippen LogP contribution >= 0.6 is 0 Å². The second-order valence-corrected chi connectivity index (χ2v) is 5.77. The Kier molecular flexibility index (Phi) is 5.62. The Labute approximate surface area is 127 Å². The maximum atomic E-state index is 12.4. The van der Waals surface area contributed by atoms with Crippen molar-refractivity contribution in [1.29, 1.82) is 0 Å². The van der Waals surface area contributed by atoms with Gasteiger partial charge in [-0.2, -0.15) is 0 Å². The third kappa shape index (κ3) is 4.21. The lowest BCUT2D eigenvalue weighted by Crippen LogP contribution is -2.47. The van der Waals surface area contributed by atoms with Gasteiger partial charge in [-0.15, -0.1) is 0 Å². The van der Waals surface area contributed by atoms with Crippen molar-refractivity contribution in [3.8, 4) is 5.75 Å².